The molecule has 0 aliphatic carbocycles. The molecular formula is C16H17N3O4S. The number of aryl methyl sites for hydroxylation is 2. The molecular weight excluding hydrogens is 330 g/mol. The van der Waals surface area contributed by atoms with Crippen LogP contribution in [0.1, 0.15) is 37.7 Å². The first kappa shape index (κ1) is 17.6. The molecule has 1 heterocycles. The van der Waals surface area contributed by atoms with Crippen molar-refractivity contribution in [3.05, 3.63) is 51.5 Å². The third-order valence-electron chi connectivity index (χ3n) is 3.08. The number of nitrogens with one attached hydrogen (secondary N) is 2. The second-order valence-electron chi connectivity index (χ2n) is 5.00. The summed E-state index contributed by atoms with van der Waals surface area (Å²) in [6.45, 7) is 4.90. The number of esters is 1. The summed E-state index contributed by atoms with van der Waals surface area (Å²) in [6.07, 6.45) is -1.06. The van der Waals surface area contributed by atoms with E-state index in [1.807, 2.05) is 0 Å². The summed E-state index contributed by atoms with van der Waals surface area (Å²) >= 11 is 1.20. The van der Waals surface area contributed by atoms with Crippen molar-refractivity contribution in [2.24, 2.45) is 0 Å². The van der Waals surface area contributed by atoms with Gasteiger partial charge in [-0.25, -0.2) is 9.78 Å². The van der Waals surface area contributed by atoms with E-state index in [0.717, 1.165) is 5.01 Å². The van der Waals surface area contributed by atoms with Crippen molar-refractivity contribution in [3.63, 3.8) is 0 Å². The monoisotopic (exact) mass is 347 g/mol. The van der Waals surface area contributed by atoms with Crippen LogP contribution >= 0.6 is 11.3 Å². The van der Waals surface area contributed by atoms with Gasteiger partial charge in [-0.2, -0.15) is 0 Å². The van der Waals surface area contributed by atoms with E-state index in [1.54, 1.807) is 44.2 Å². The molecule has 0 unspecified atom stereocenters. The highest BCUT2D eigenvalue weighted by molar-refractivity contribution is 7.13. The van der Waals surface area contributed by atoms with Crippen LogP contribution in [0.25, 0.3) is 0 Å². The molecule has 0 fully saturated rings. The molecule has 2 amide bonds. The van der Waals surface area contributed by atoms with Gasteiger partial charge in [0, 0.05) is 5.56 Å². The Balaban J connectivity index is 1.87. The Kier molecular flexibility index (Phi) is 5.64. The molecule has 0 saturated carbocycles. The van der Waals surface area contributed by atoms with Crippen molar-refractivity contribution in [1.82, 2.24) is 15.8 Å². The van der Waals surface area contributed by atoms with Crippen LogP contribution in [0.5, 0.6) is 0 Å². The van der Waals surface area contributed by atoms with Crippen molar-refractivity contribution in [2.45, 2.75) is 26.9 Å². The summed E-state index contributed by atoms with van der Waals surface area (Å²) in [5.74, 6) is -1.71. The van der Waals surface area contributed by atoms with E-state index >= 15 is 0 Å². The minimum Gasteiger partial charge on any atom is -0.448 e. The molecule has 0 bridgehead atoms. The predicted octanol–water partition coefficient (Wildman–Crippen LogP) is 1.77. The third kappa shape index (κ3) is 4.39. The summed E-state index contributed by atoms with van der Waals surface area (Å²) in [5, 5.41) is 0.742. The fourth-order valence-electron chi connectivity index (χ4n) is 1.87. The molecule has 0 spiro atoms. The number of hydrazine groups is 1. The Labute approximate surface area is 143 Å². The summed E-state index contributed by atoms with van der Waals surface area (Å²) < 4.78 is 5.10. The Morgan fingerprint density at radius 3 is 2.38 bits per heavy atom. The van der Waals surface area contributed by atoms with Gasteiger partial charge in [0.2, 0.25) is 0 Å². The Morgan fingerprint density at radius 2 is 1.79 bits per heavy atom. The van der Waals surface area contributed by atoms with Gasteiger partial charge in [0.25, 0.3) is 11.8 Å². The zero-order chi connectivity index (χ0) is 17.7. The van der Waals surface area contributed by atoms with E-state index < -0.39 is 23.9 Å². The number of nitrogens with zero attached hydrogens (tertiary/aromatic N) is 1. The highest BCUT2D eigenvalue weighted by atomic mass is 32.1. The van der Waals surface area contributed by atoms with Crippen LogP contribution in [0, 0.1) is 13.8 Å². The molecule has 1 aromatic heterocycles. The van der Waals surface area contributed by atoms with Gasteiger partial charge in [0.15, 0.2) is 6.10 Å². The van der Waals surface area contributed by atoms with Crippen LogP contribution in [-0.2, 0) is 9.53 Å². The number of ether oxygens (including phenoxy) is 1. The normalized spacial score (nSPS) is 11.5. The lowest BCUT2D eigenvalue weighted by Gasteiger charge is -2.13. The number of amides is 2. The molecule has 2 aromatic rings. The highest BCUT2D eigenvalue weighted by Gasteiger charge is 2.22. The fraction of sp³-hybridized carbons (Fsp3) is 0.250. The minimum absolute atomic E-state index is 0.362. The van der Waals surface area contributed by atoms with Crippen molar-refractivity contribution in [3.8, 4) is 0 Å². The zero-order valence-corrected chi connectivity index (χ0v) is 14.3. The van der Waals surface area contributed by atoms with Crippen molar-refractivity contribution in [2.75, 3.05) is 0 Å². The molecule has 1 aromatic carbocycles. The standard InChI is InChI=1S/C16H17N3O4S/c1-9-13(24-11(3)17-9)16(22)23-10(2)14(20)18-19-15(21)12-7-5-4-6-8-12/h4-8,10H,1-3H3,(H,18,20)(H,19,21)/t10-/m0/s1. The van der Waals surface area contributed by atoms with Gasteiger partial charge in [-0.1, -0.05) is 18.2 Å². The van der Waals surface area contributed by atoms with Crippen LogP contribution in [0.3, 0.4) is 0 Å². The average Bonchev–Trinajstić information content (AvgIpc) is 2.91. The number of benzene rings is 1. The highest BCUT2D eigenvalue weighted by Crippen LogP contribution is 2.18. The summed E-state index contributed by atoms with van der Waals surface area (Å²) in [4.78, 5) is 40.3. The SMILES string of the molecule is Cc1nc(C)c(C(=O)O[C@@H](C)C(=O)NNC(=O)c2ccccc2)s1. The van der Waals surface area contributed by atoms with Gasteiger partial charge >= 0.3 is 5.97 Å². The summed E-state index contributed by atoms with van der Waals surface area (Å²) in [7, 11) is 0. The van der Waals surface area contributed by atoms with E-state index in [2.05, 4.69) is 15.8 Å². The number of carbonyl (C=O) groups excluding carboxylic acids is 3. The minimum atomic E-state index is -1.06. The zero-order valence-electron chi connectivity index (χ0n) is 13.5. The molecule has 2 N–H and O–H groups in total. The Morgan fingerprint density at radius 1 is 1.12 bits per heavy atom. The lowest BCUT2D eigenvalue weighted by atomic mass is 10.2. The number of hydrogen-bond acceptors (Lipinski definition) is 6. The fourth-order valence-corrected chi connectivity index (χ4v) is 2.67. The largest absolute Gasteiger partial charge is 0.448 e. The van der Waals surface area contributed by atoms with Crippen LogP contribution in [0.15, 0.2) is 30.3 Å². The number of carbonyl (C=O) groups is 3. The molecule has 7 nitrogen and oxygen atoms in total. The van der Waals surface area contributed by atoms with E-state index in [4.69, 9.17) is 4.74 Å². The Bertz CT molecular complexity index is 758. The van der Waals surface area contributed by atoms with Gasteiger partial charge in [-0.15, -0.1) is 11.3 Å². The maximum absolute atomic E-state index is 12.0. The molecule has 1 atom stereocenters. The molecule has 126 valence electrons. The maximum Gasteiger partial charge on any atom is 0.351 e. The lowest BCUT2D eigenvalue weighted by molar-refractivity contribution is -0.129. The summed E-state index contributed by atoms with van der Waals surface area (Å²) in [6, 6.07) is 8.42. The number of hydrogen-bond donors (Lipinski definition) is 2. The van der Waals surface area contributed by atoms with Gasteiger partial charge in [0.05, 0.1) is 10.7 Å². The average molecular weight is 347 g/mol. The summed E-state index contributed by atoms with van der Waals surface area (Å²) in [5.41, 5.74) is 5.46. The first-order valence-corrected chi connectivity index (χ1v) is 8.00. The van der Waals surface area contributed by atoms with Crippen molar-refractivity contribution < 1.29 is 19.1 Å². The van der Waals surface area contributed by atoms with Crippen LogP contribution in [0.2, 0.25) is 0 Å². The van der Waals surface area contributed by atoms with Crippen LogP contribution < -0.4 is 10.9 Å². The quantitative estimate of drug-likeness (QED) is 0.649. The van der Waals surface area contributed by atoms with Gasteiger partial charge in [-0.05, 0) is 32.9 Å². The number of aromatic nitrogens is 1. The second-order valence-corrected chi connectivity index (χ2v) is 6.21. The van der Waals surface area contributed by atoms with Crippen molar-refractivity contribution >= 4 is 29.1 Å². The smallest absolute Gasteiger partial charge is 0.351 e. The second kappa shape index (κ2) is 7.69. The maximum atomic E-state index is 12.0. The van der Waals surface area contributed by atoms with E-state index in [1.165, 1.54) is 18.3 Å². The topological polar surface area (TPSA) is 97.4 Å². The predicted molar refractivity (Wildman–Crippen MR) is 88.5 cm³/mol. The molecule has 0 aliphatic rings. The first-order chi connectivity index (χ1) is 11.4. The Hall–Kier alpha value is -2.74. The number of rotatable bonds is 4. The van der Waals surface area contributed by atoms with Gasteiger partial charge < -0.3 is 4.74 Å². The molecule has 8 heteroatoms. The molecule has 0 saturated heterocycles. The van der Waals surface area contributed by atoms with E-state index in [-0.39, 0.29) is 0 Å². The first-order valence-electron chi connectivity index (χ1n) is 7.18. The molecule has 0 radical (unpaired) electrons. The van der Waals surface area contributed by atoms with E-state index in [0.29, 0.717) is 16.1 Å². The molecule has 24 heavy (non-hydrogen) atoms. The van der Waals surface area contributed by atoms with E-state index in [9.17, 15) is 14.4 Å². The number of thiazole rings is 1. The molecule has 0 aliphatic heterocycles. The van der Waals surface area contributed by atoms with Crippen LogP contribution in [0.4, 0.5) is 0 Å². The van der Waals surface area contributed by atoms with Crippen molar-refractivity contribution in [1.29, 1.82) is 0 Å². The lowest BCUT2D eigenvalue weighted by Crippen LogP contribution is -2.46. The van der Waals surface area contributed by atoms with Crippen LogP contribution in [-0.4, -0.2) is 28.9 Å². The van der Waals surface area contributed by atoms with Gasteiger partial charge in [0.1, 0.15) is 4.88 Å². The third-order valence-corrected chi connectivity index (χ3v) is 4.13. The van der Waals surface area contributed by atoms with Gasteiger partial charge in [-0.3, -0.25) is 20.4 Å². The molecule has 2 rings (SSSR count).